The summed E-state index contributed by atoms with van der Waals surface area (Å²) in [6.45, 7) is 16.0. The summed E-state index contributed by atoms with van der Waals surface area (Å²) in [6, 6.07) is 20.0. The van der Waals surface area contributed by atoms with Crippen molar-refractivity contribution in [1.82, 2.24) is 29.4 Å². The maximum absolute atomic E-state index is 14.2. The summed E-state index contributed by atoms with van der Waals surface area (Å²) in [5.41, 5.74) is 5.73. The molecule has 364 valence electrons. The minimum Gasteiger partial charge on any atom is -0.493 e. The number of carbonyl (C=O) groups excluding carboxylic acids is 1. The van der Waals surface area contributed by atoms with E-state index in [2.05, 4.69) is 67.2 Å². The molecular weight excluding hydrogens is 920 g/mol. The van der Waals surface area contributed by atoms with Gasteiger partial charge in [0.15, 0.2) is 0 Å². The van der Waals surface area contributed by atoms with Gasteiger partial charge >= 0.3 is 0 Å². The molecule has 16 nitrogen and oxygen atoms in total. The highest BCUT2D eigenvalue weighted by molar-refractivity contribution is 7.90. The number of fused-ring (bicyclic) bond motifs is 2. The first-order valence-corrected chi connectivity index (χ1v) is 25.8. The van der Waals surface area contributed by atoms with Gasteiger partial charge in [0.25, 0.3) is 21.6 Å². The zero-order chi connectivity index (χ0) is 48.0. The number of rotatable bonds is 13. The van der Waals surface area contributed by atoms with Crippen LogP contribution in [0.5, 0.6) is 17.2 Å². The van der Waals surface area contributed by atoms with Crippen molar-refractivity contribution in [2.75, 3.05) is 83.6 Å². The number of anilines is 1. The number of hydrogen-bond acceptors (Lipinski definition) is 13. The van der Waals surface area contributed by atoms with Crippen LogP contribution in [0.15, 0.2) is 89.6 Å². The van der Waals surface area contributed by atoms with Crippen molar-refractivity contribution in [3.05, 3.63) is 117 Å². The molecule has 0 spiro atoms. The Morgan fingerprint density at radius 1 is 1.00 bits per heavy atom. The predicted octanol–water partition coefficient (Wildman–Crippen LogP) is 7.78. The molecule has 69 heavy (non-hydrogen) atoms. The van der Waals surface area contributed by atoms with Crippen molar-refractivity contribution in [1.29, 1.82) is 0 Å². The van der Waals surface area contributed by atoms with Crippen LogP contribution in [0.2, 0.25) is 5.02 Å². The molecule has 2 N–H and O–H groups in total. The molecule has 1 amide bonds. The number of nitro benzene ring substituents is 1. The van der Waals surface area contributed by atoms with Crippen LogP contribution in [0.4, 0.5) is 11.4 Å². The number of benzene rings is 3. The second-order valence-electron chi connectivity index (χ2n) is 20.1. The number of aromatic amines is 1. The smallest absolute Gasteiger partial charge is 0.277 e. The van der Waals surface area contributed by atoms with Gasteiger partial charge in [-0.15, -0.1) is 0 Å². The molecule has 3 saturated heterocycles. The van der Waals surface area contributed by atoms with Crippen LogP contribution in [-0.4, -0.2) is 135 Å². The largest absolute Gasteiger partial charge is 0.493 e. The topological polar surface area (TPSA) is 176 Å². The molecule has 2 atom stereocenters. The van der Waals surface area contributed by atoms with E-state index in [-0.39, 0.29) is 40.7 Å². The number of H-pyrrole nitrogens is 1. The van der Waals surface area contributed by atoms with Crippen molar-refractivity contribution in [2.24, 2.45) is 11.3 Å². The highest BCUT2D eigenvalue weighted by Crippen LogP contribution is 2.44. The van der Waals surface area contributed by atoms with E-state index in [0.717, 1.165) is 107 Å². The third kappa shape index (κ3) is 10.4. The van der Waals surface area contributed by atoms with Crippen LogP contribution in [0, 0.1) is 21.4 Å². The van der Waals surface area contributed by atoms with E-state index in [1.54, 1.807) is 30.5 Å². The number of pyridine rings is 1. The van der Waals surface area contributed by atoms with E-state index < -0.39 is 25.7 Å². The number of nitrogens with one attached hydrogen (secondary N) is 2. The summed E-state index contributed by atoms with van der Waals surface area (Å²) >= 11 is 6.26. The van der Waals surface area contributed by atoms with Crippen LogP contribution < -0.4 is 19.1 Å². The average Bonchev–Trinajstić information content (AvgIpc) is 3.78. The van der Waals surface area contributed by atoms with Gasteiger partial charge in [-0.1, -0.05) is 43.2 Å². The molecule has 1 aliphatic carbocycles. The fourth-order valence-electron chi connectivity index (χ4n) is 10.7. The highest BCUT2D eigenvalue weighted by atomic mass is 35.5. The number of nitrogens with zero attached hydrogens (tertiary/aromatic N) is 6. The summed E-state index contributed by atoms with van der Waals surface area (Å²) in [7, 11) is -4.64. The Morgan fingerprint density at radius 3 is 2.52 bits per heavy atom. The van der Waals surface area contributed by atoms with E-state index in [0.29, 0.717) is 42.0 Å². The standard InChI is InChI=1S/C51H59ClN8O8S/c1-33-27-57(16-19-59(33)40-31-66-32-40)28-34-20-44-46(60(62)63)23-42(24-47(44)67-30-34)69(64,65)55-50(61)43-9-8-39(22-48(43)68-41-21-36-11-13-53-49(36)54-26-41)58-17-14-56(15-18-58)29-37-10-12-51(2,3)25-45(37)35-4-6-38(52)7-5-35/h4-9,11,13,21-24,26,33-34,40H,10,12,14-20,25,27-32H2,1-3H3,(H,53,54)(H,55,61)/t33-,34+/m1/s1. The van der Waals surface area contributed by atoms with Crippen molar-refractivity contribution in [3.63, 3.8) is 0 Å². The Morgan fingerprint density at radius 2 is 1.78 bits per heavy atom. The minimum absolute atomic E-state index is 0.0245. The average molecular weight is 980 g/mol. The SMILES string of the molecule is C[C@@H]1CN(C[C@H]2COc3cc(S(=O)(=O)NC(=O)c4ccc(N5CCN(CC6=C(c7ccc(Cl)cc7)CC(C)(C)CC6)CC5)cc4Oc4cnc5[nH]ccc5c4)cc([N+](=O)[O-])c3C2)CCN1C1COC1. The first-order chi connectivity index (χ1) is 33.1. The number of aromatic nitrogens is 2. The molecule has 3 aromatic carbocycles. The third-order valence-electron chi connectivity index (χ3n) is 14.6. The second kappa shape index (κ2) is 19.3. The molecule has 5 aliphatic rings. The quantitative estimate of drug-likeness (QED) is 0.0866. The summed E-state index contributed by atoms with van der Waals surface area (Å²) in [5.74, 6) is -0.385. The van der Waals surface area contributed by atoms with Crippen molar-refractivity contribution >= 4 is 55.5 Å². The molecule has 0 saturated carbocycles. The summed E-state index contributed by atoms with van der Waals surface area (Å²) in [6.07, 6.45) is 6.84. The van der Waals surface area contributed by atoms with Crippen LogP contribution in [0.1, 0.15) is 61.5 Å². The Bertz CT molecular complexity index is 2900. The van der Waals surface area contributed by atoms with E-state index >= 15 is 0 Å². The zero-order valence-corrected chi connectivity index (χ0v) is 40.9. The first-order valence-electron chi connectivity index (χ1n) is 23.9. The molecular formula is C51H59ClN8O8S. The monoisotopic (exact) mass is 978 g/mol. The summed E-state index contributed by atoms with van der Waals surface area (Å²) in [4.78, 5) is 42.7. The molecule has 10 rings (SSSR count). The fourth-order valence-corrected chi connectivity index (χ4v) is 11.8. The Labute approximate surface area is 407 Å². The molecule has 5 aromatic rings. The number of halogens is 1. The molecule has 0 bridgehead atoms. The highest BCUT2D eigenvalue weighted by Gasteiger charge is 2.37. The van der Waals surface area contributed by atoms with Crippen molar-refractivity contribution in [3.8, 4) is 17.2 Å². The number of allylic oxidation sites excluding steroid dienone is 1. The van der Waals surface area contributed by atoms with Crippen LogP contribution in [0.3, 0.4) is 0 Å². The fraction of sp³-hybridized carbons (Fsp3) is 0.451. The summed E-state index contributed by atoms with van der Waals surface area (Å²) < 4.78 is 48.1. The number of ether oxygens (including phenoxy) is 3. The van der Waals surface area contributed by atoms with Crippen molar-refractivity contribution in [2.45, 2.75) is 63.4 Å². The Hall–Kier alpha value is -5.56. The van der Waals surface area contributed by atoms with Crippen LogP contribution >= 0.6 is 11.6 Å². The second-order valence-corrected chi connectivity index (χ2v) is 22.2. The lowest BCUT2D eigenvalue weighted by Crippen LogP contribution is -2.61. The molecule has 18 heteroatoms. The third-order valence-corrected chi connectivity index (χ3v) is 16.1. The molecule has 0 unspecified atom stereocenters. The van der Waals surface area contributed by atoms with Gasteiger partial charge in [0.1, 0.15) is 22.9 Å². The minimum atomic E-state index is -4.64. The molecule has 2 aromatic heterocycles. The van der Waals surface area contributed by atoms with Gasteiger partial charge in [0.05, 0.1) is 53.0 Å². The molecule has 6 heterocycles. The lowest BCUT2D eigenvalue weighted by molar-refractivity contribution is -0.386. The number of hydrogen-bond donors (Lipinski definition) is 2. The van der Waals surface area contributed by atoms with Gasteiger partial charge in [-0.2, -0.15) is 0 Å². The Balaban J connectivity index is 0.850. The first kappa shape index (κ1) is 47.1. The normalized spacial score (nSPS) is 21.7. The van der Waals surface area contributed by atoms with E-state index in [1.807, 2.05) is 18.2 Å². The van der Waals surface area contributed by atoms with Gasteiger partial charge in [0, 0.05) is 111 Å². The predicted molar refractivity (Wildman–Crippen MR) is 265 cm³/mol. The van der Waals surface area contributed by atoms with E-state index in [1.165, 1.54) is 29.0 Å². The van der Waals surface area contributed by atoms with Gasteiger partial charge in [0.2, 0.25) is 0 Å². The van der Waals surface area contributed by atoms with Crippen LogP contribution in [0.25, 0.3) is 16.6 Å². The maximum atomic E-state index is 14.2. The van der Waals surface area contributed by atoms with E-state index in [9.17, 15) is 23.3 Å². The number of amides is 1. The lowest BCUT2D eigenvalue weighted by Gasteiger charge is -2.47. The van der Waals surface area contributed by atoms with Gasteiger partial charge in [-0.3, -0.25) is 24.7 Å². The number of carbonyl (C=O) groups is 1. The van der Waals surface area contributed by atoms with Crippen molar-refractivity contribution < 1.29 is 32.3 Å². The number of piperazine rings is 2. The van der Waals surface area contributed by atoms with E-state index in [4.69, 9.17) is 25.8 Å². The van der Waals surface area contributed by atoms with Gasteiger partial charge in [-0.05, 0) is 85.6 Å². The van der Waals surface area contributed by atoms with Gasteiger partial charge in [-0.25, -0.2) is 18.1 Å². The molecule has 3 fully saturated rings. The maximum Gasteiger partial charge on any atom is 0.277 e. The molecule has 0 radical (unpaired) electrons. The number of sulfonamides is 1. The Kier molecular flexibility index (Phi) is 13.2. The lowest BCUT2D eigenvalue weighted by atomic mass is 9.72. The number of nitro groups is 1. The molecule has 4 aliphatic heterocycles. The zero-order valence-electron chi connectivity index (χ0n) is 39.3. The van der Waals surface area contributed by atoms with Gasteiger partial charge < -0.3 is 29.0 Å². The van der Waals surface area contributed by atoms with Crippen LogP contribution in [-0.2, 0) is 21.2 Å². The summed E-state index contributed by atoms with van der Waals surface area (Å²) in [5, 5.41) is 14.0.